The van der Waals surface area contributed by atoms with Crippen LogP contribution in [-0.2, 0) is 16.0 Å². The molecule has 0 bridgehead atoms. The van der Waals surface area contributed by atoms with E-state index < -0.39 is 0 Å². The zero-order valence-electron chi connectivity index (χ0n) is 10.4. The quantitative estimate of drug-likeness (QED) is 0.780. The number of benzene rings is 1. The van der Waals surface area contributed by atoms with Crippen LogP contribution in [-0.4, -0.2) is 36.1 Å². The van der Waals surface area contributed by atoms with E-state index in [1.807, 2.05) is 30.0 Å². The van der Waals surface area contributed by atoms with Gasteiger partial charge in [-0.3, -0.25) is 4.79 Å². The highest BCUT2D eigenvalue weighted by Crippen LogP contribution is 2.15. The normalized spacial score (nSPS) is 24.7. The highest BCUT2D eigenvalue weighted by Gasteiger charge is 2.26. The monoisotopic (exact) mass is 233 g/mol. The first-order valence-corrected chi connectivity index (χ1v) is 6.10. The van der Waals surface area contributed by atoms with Crippen molar-refractivity contribution in [3.63, 3.8) is 0 Å². The third-order valence-electron chi connectivity index (χ3n) is 3.08. The molecule has 1 heterocycles. The number of hydrogen-bond donors (Lipinski definition) is 0. The van der Waals surface area contributed by atoms with Crippen molar-refractivity contribution in [2.75, 3.05) is 13.1 Å². The molecule has 3 heteroatoms. The molecule has 1 saturated heterocycles. The van der Waals surface area contributed by atoms with Crippen LogP contribution in [0.3, 0.4) is 0 Å². The van der Waals surface area contributed by atoms with Crippen LogP contribution in [0.15, 0.2) is 30.3 Å². The highest BCUT2D eigenvalue weighted by molar-refractivity contribution is 5.73. The van der Waals surface area contributed by atoms with Crippen LogP contribution in [0, 0.1) is 0 Å². The highest BCUT2D eigenvalue weighted by atomic mass is 16.5. The summed E-state index contributed by atoms with van der Waals surface area (Å²) in [6.45, 7) is 5.06. The summed E-state index contributed by atoms with van der Waals surface area (Å²) in [6.07, 6.45) is 1.11. The molecule has 1 aromatic carbocycles. The molecule has 1 aliphatic heterocycles. The van der Waals surface area contributed by atoms with Gasteiger partial charge in [-0.25, -0.2) is 0 Å². The van der Waals surface area contributed by atoms with Crippen LogP contribution < -0.4 is 0 Å². The second kappa shape index (κ2) is 5.32. The van der Waals surface area contributed by atoms with E-state index in [1.54, 1.807) is 6.92 Å². The zero-order chi connectivity index (χ0) is 12.3. The molecule has 1 aliphatic rings. The SMILES string of the molecule is CC(=O)N1CC(C)OC(Cc2ccccc2)C1. The molecule has 0 radical (unpaired) electrons. The molecule has 0 aliphatic carbocycles. The number of morpholine rings is 1. The number of hydrogen-bond acceptors (Lipinski definition) is 2. The Bertz CT molecular complexity index is 377. The fourth-order valence-corrected chi connectivity index (χ4v) is 2.29. The van der Waals surface area contributed by atoms with Crippen molar-refractivity contribution < 1.29 is 9.53 Å². The number of carbonyl (C=O) groups excluding carboxylic acids is 1. The Morgan fingerprint density at radius 2 is 2.06 bits per heavy atom. The molecular formula is C14H19NO2. The Morgan fingerprint density at radius 3 is 2.71 bits per heavy atom. The van der Waals surface area contributed by atoms with Crippen molar-refractivity contribution in [2.45, 2.75) is 32.5 Å². The first-order valence-electron chi connectivity index (χ1n) is 6.10. The number of carbonyl (C=O) groups is 1. The average molecular weight is 233 g/mol. The smallest absolute Gasteiger partial charge is 0.219 e. The molecule has 17 heavy (non-hydrogen) atoms. The van der Waals surface area contributed by atoms with Gasteiger partial charge in [-0.1, -0.05) is 30.3 Å². The lowest BCUT2D eigenvalue weighted by atomic mass is 10.1. The van der Waals surface area contributed by atoms with Crippen molar-refractivity contribution in [2.24, 2.45) is 0 Å². The third-order valence-corrected chi connectivity index (χ3v) is 3.08. The molecule has 2 unspecified atom stereocenters. The second-order valence-electron chi connectivity index (χ2n) is 4.68. The molecule has 1 amide bonds. The lowest BCUT2D eigenvalue weighted by Crippen LogP contribution is -2.49. The summed E-state index contributed by atoms with van der Waals surface area (Å²) in [7, 11) is 0. The lowest BCUT2D eigenvalue weighted by molar-refractivity contribution is -0.141. The van der Waals surface area contributed by atoms with Crippen LogP contribution in [0.25, 0.3) is 0 Å². The van der Waals surface area contributed by atoms with E-state index >= 15 is 0 Å². The van der Waals surface area contributed by atoms with Gasteiger partial charge >= 0.3 is 0 Å². The Kier molecular flexibility index (Phi) is 3.79. The molecule has 0 spiro atoms. The largest absolute Gasteiger partial charge is 0.371 e. The fourth-order valence-electron chi connectivity index (χ4n) is 2.29. The van der Waals surface area contributed by atoms with E-state index in [1.165, 1.54) is 5.56 Å². The van der Waals surface area contributed by atoms with Crippen LogP contribution in [0.2, 0.25) is 0 Å². The van der Waals surface area contributed by atoms with Crippen LogP contribution >= 0.6 is 0 Å². The number of nitrogens with zero attached hydrogens (tertiary/aromatic N) is 1. The van der Waals surface area contributed by atoms with Gasteiger partial charge in [-0.2, -0.15) is 0 Å². The van der Waals surface area contributed by atoms with Gasteiger partial charge in [0, 0.05) is 26.4 Å². The van der Waals surface area contributed by atoms with Gasteiger partial charge in [0.25, 0.3) is 0 Å². The van der Waals surface area contributed by atoms with Gasteiger partial charge < -0.3 is 9.64 Å². The van der Waals surface area contributed by atoms with Crippen molar-refractivity contribution in [3.8, 4) is 0 Å². The Hall–Kier alpha value is -1.35. The first kappa shape index (κ1) is 12.1. The summed E-state index contributed by atoms with van der Waals surface area (Å²) in [5.74, 6) is 0.137. The van der Waals surface area contributed by atoms with E-state index in [4.69, 9.17) is 4.74 Å². The van der Waals surface area contributed by atoms with Crippen LogP contribution in [0.5, 0.6) is 0 Å². The van der Waals surface area contributed by atoms with Gasteiger partial charge in [0.1, 0.15) is 0 Å². The lowest BCUT2D eigenvalue weighted by Gasteiger charge is -2.36. The summed E-state index contributed by atoms with van der Waals surface area (Å²) in [6, 6.07) is 10.3. The number of rotatable bonds is 2. The molecule has 0 N–H and O–H groups in total. The van der Waals surface area contributed by atoms with Crippen molar-refractivity contribution in [1.82, 2.24) is 4.90 Å². The van der Waals surface area contributed by atoms with E-state index in [0.29, 0.717) is 13.1 Å². The van der Waals surface area contributed by atoms with Gasteiger partial charge in [-0.05, 0) is 12.5 Å². The fraction of sp³-hybridized carbons (Fsp3) is 0.500. The van der Waals surface area contributed by atoms with Gasteiger partial charge in [0.05, 0.1) is 12.2 Å². The van der Waals surface area contributed by atoms with Gasteiger partial charge in [0.15, 0.2) is 0 Å². The minimum Gasteiger partial charge on any atom is -0.371 e. The second-order valence-corrected chi connectivity index (χ2v) is 4.68. The molecule has 1 aromatic rings. The Labute approximate surface area is 102 Å². The predicted molar refractivity (Wildman–Crippen MR) is 66.7 cm³/mol. The van der Waals surface area contributed by atoms with Crippen molar-refractivity contribution >= 4 is 5.91 Å². The van der Waals surface area contributed by atoms with Gasteiger partial charge in [0.2, 0.25) is 5.91 Å². The standard InChI is InChI=1S/C14H19NO2/c1-11-9-15(12(2)16)10-14(17-11)8-13-6-4-3-5-7-13/h3-7,11,14H,8-10H2,1-2H3. The third kappa shape index (κ3) is 3.30. The predicted octanol–water partition coefficient (Wildman–Crippen LogP) is 1.86. The summed E-state index contributed by atoms with van der Waals surface area (Å²) in [5, 5.41) is 0. The van der Waals surface area contributed by atoms with Crippen molar-refractivity contribution in [3.05, 3.63) is 35.9 Å². The first-order chi connectivity index (χ1) is 8.15. The van der Waals surface area contributed by atoms with Crippen LogP contribution in [0.4, 0.5) is 0 Å². The summed E-state index contributed by atoms with van der Waals surface area (Å²) in [4.78, 5) is 13.3. The van der Waals surface area contributed by atoms with E-state index in [0.717, 1.165) is 6.42 Å². The number of amides is 1. The molecule has 1 fully saturated rings. The average Bonchev–Trinajstić information content (AvgIpc) is 2.29. The Balaban J connectivity index is 1.99. The molecule has 92 valence electrons. The van der Waals surface area contributed by atoms with Gasteiger partial charge in [-0.15, -0.1) is 0 Å². The summed E-state index contributed by atoms with van der Waals surface area (Å²) < 4.78 is 5.88. The van der Waals surface area contributed by atoms with Crippen molar-refractivity contribution in [1.29, 1.82) is 0 Å². The molecular weight excluding hydrogens is 214 g/mol. The molecule has 2 rings (SSSR count). The maximum absolute atomic E-state index is 11.4. The maximum atomic E-state index is 11.4. The molecule has 0 aromatic heterocycles. The molecule has 3 nitrogen and oxygen atoms in total. The van der Waals surface area contributed by atoms with Crippen LogP contribution in [0.1, 0.15) is 19.4 Å². The van der Waals surface area contributed by atoms with E-state index in [9.17, 15) is 4.79 Å². The Morgan fingerprint density at radius 1 is 1.35 bits per heavy atom. The number of ether oxygens (including phenoxy) is 1. The van der Waals surface area contributed by atoms with E-state index in [-0.39, 0.29) is 18.1 Å². The summed E-state index contributed by atoms with van der Waals surface area (Å²) in [5.41, 5.74) is 1.26. The minimum absolute atomic E-state index is 0.116. The van der Waals surface area contributed by atoms with E-state index in [2.05, 4.69) is 12.1 Å². The summed E-state index contributed by atoms with van der Waals surface area (Å²) >= 11 is 0. The maximum Gasteiger partial charge on any atom is 0.219 e. The minimum atomic E-state index is 0.116. The zero-order valence-corrected chi connectivity index (χ0v) is 10.4. The molecule has 2 atom stereocenters. The molecule has 0 saturated carbocycles. The topological polar surface area (TPSA) is 29.5 Å².